The molecule has 0 spiro atoms. The molecule has 0 saturated carbocycles. The highest BCUT2D eigenvalue weighted by Gasteiger charge is 2.35. The third-order valence-corrected chi connectivity index (χ3v) is 9.59. The summed E-state index contributed by atoms with van der Waals surface area (Å²) >= 11 is 0. The molecule has 2 aromatic carbocycles. The van der Waals surface area contributed by atoms with Crippen molar-refractivity contribution in [1.29, 1.82) is 0 Å². The number of carbonyl (C=O) groups is 7. The number of hydrogen-bond donors (Lipinski definition) is 4. The molecule has 4 amide bonds. The zero-order valence-corrected chi connectivity index (χ0v) is 33.0. The van der Waals surface area contributed by atoms with Crippen LogP contribution in [0.4, 0.5) is 4.79 Å². The predicted octanol–water partition coefficient (Wildman–Crippen LogP) is 4.56. The number of nitrogens with one attached hydrogen (secondary N) is 2. The van der Waals surface area contributed by atoms with Gasteiger partial charge < -0.3 is 40.1 Å². The molecule has 3 atom stereocenters. The van der Waals surface area contributed by atoms with Crippen molar-refractivity contribution in [3.63, 3.8) is 0 Å². The maximum atomic E-state index is 14.0. The molecule has 0 aliphatic heterocycles. The second-order valence-corrected chi connectivity index (χ2v) is 14.3. The average molecular weight is 781 g/mol. The summed E-state index contributed by atoms with van der Waals surface area (Å²) in [7, 11) is 0. The van der Waals surface area contributed by atoms with Gasteiger partial charge in [-0.05, 0) is 47.4 Å². The molecule has 15 nitrogen and oxygen atoms in total. The highest BCUT2D eigenvalue weighted by molar-refractivity contribution is 5.95. The minimum Gasteiger partial charge on any atom is -0.481 e. The Morgan fingerprint density at radius 2 is 1.30 bits per heavy atom. The molecule has 15 heteroatoms. The molecule has 1 aliphatic rings. The van der Waals surface area contributed by atoms with Crippen LogP contribution in [0.2, 0.25) is 0 Å². The largest absolute Gasteiger partial charge is 0.481 e. The van der Waals surface area contributed by atoms with E-state index in [2.05, 4.69) is 10.6 Å². The maximum Gasteiger partial charge on any atom is 0.407 e. The number of carboxylic acid groups (broad SMARTS) is 2. The van der Waals surface area contributed by atoms with Gasteiger partial charge in [0.15, 0.2) is 0 Å². The first kappa shape index (κ1) is 44.9. The highest BCUT2D eigenvalue weighted by Crippen LogP contribution is 2.44. The van der Waals surface area contributed by atoms with Gasteiger partial charge in [-0.15, -0.1) is 0 Å². The van der Waals surface area contributed by atoms with Gasteiger partial charge in [0.25, 0.3) is 0 Å². The zero-order chi connectivity index (χ0) is 41.4. The van der Waals surface area contributed by atoms with Crippen molar-refractivity contribution in [1.82, 2.24) is 20.4 Å². The number of carbonyl (C=O) groups excluding carboxylic acids is 5. The molecule has 1 aliphatic carbocycles. The lowest BCUT2D eigenvalue weighted by molar-refractivity contribution is -0.157. The Bertz CT molecular complexity index is 1650. The lowest BCUT2D eigenvalue weighted by atomic mass is 9.98. The van der Waals surface area contributed by atoms with Crippen molar-refractivity contribution < 1.29 is 53.2 Å². The first-order chi connectivity index (χ1) is 26.7. The summed E-state index contributed by atoms with van der Waals surface area (Å²) in [6.07, 6.45) is -0.381. The van der Waals surface area contributed by atoms with Crippen LogP contribution in [-0.2, 0) is 38.2 Å². The number of unbranched alkanes of at least 4 members (excludes halogenated alkanes) is 2. The maximum absolute atomic E-state index is 14.0. The van der Waals surface area contributed by atoms with Gasteiger partial charge in [0.1, 0.15) is 31.3 Å². The van der Waals surface area contributed by atoms with E-state index in [1.165, 1.54) is 4.90 Å². The van der Waals surface area contributed by atoms with Crippen molar-refractivity contribution in [3.8, 4) is 11.1 Å². The van der Waals surface area contributed by atoms with Crippen LogP contribution < -0.4 is 10.6 Å². The first-order valence-corrected chi connectivity index (χ1v) is 19.3. The Balaban J connectivity index is 1.73. The van der Waals surface area contributed by atoms with Crippen molar-refractivity contribution in [2.24, 2.45) is 5.92 Å². The Morgan fingerprint density at radius 1 is 0.750 bits per heavy atom. The normalized spacial score (nSPS) is 13.4. The van der Waals surface area contributed by atoms with Gasteiger partial charge in [-0.3, -0.25) is 28.8 Å². The van der Waals surface area contributed by atoms with E-state index in [4.69, 9.17) is 14.6 Å². The van der Waals surface area contributed by atoms with E-state index >= 15 is 0 Å². The molecule has 0 aromatic heterocycles. The molecule has 0 fully saturated rings. The molecule has 0 heterocycles. The average Bonchev–Trinajstić information content (AvgIpc) is 3.48. The van der Waals surface area contributed by atoms with Crippen LogP contribution in [0.25, 0.3) is 11.1 Å². The number of alkyl carbamates (subject to hydrolysis) is 1. The molecule has 0 bridgehead atoms. The fourth-order valence-corrected chi connectivity index (χ4v) is 6.52. The smallest absolute Gasteiger partial charge is 0.407 e. The zero-order valence-electron chi connectivity index (χ0n) is 33.0. The lowest BCUT2D eigenvalue weighted by Crippen LogP contribution is -2.57. The number of amides is 4. The topological polar surface area (TPSA) is 209 Å². The summed E-state index contributed by atoms with van der Waals surface area (Å²) in [5.41, 5.74) is 4.12. The van der Waals surface area contributed by atoms with Gasteiger partial charge in [0.05, 0.1) is 19.4 Å². The quantitative estimate of drug-likeness (QED) is 0.115. The number of hydrogen-bond acceptors (Lipinski definition) is 9. The summed E-state index contributed by atoms with van der Waals surface area (Å²) in [6.45, 7) is 8.01. The molecular formula is C41H56N4O11. The SMILES string of the molecule is CCCCN(CC(=O)OC(CC)CC(=O)O)C(=O)CN(CCCC)C(=O)[C@H](CC(=O)O)NC(=O)[C@@H](NC(=O)OCC1c2ccccc2-c2ccccc21)C(C)C. The van der Waals surface area contributed by atoms with E-state index in [9.17, 15) is 38.7 Å². The van der Waals surface area contributed by atoms with Crippen LogP contribution in [0.5, 0.6) is 0 Å². The van der Waals surface area contributed by atoms with E-state index in [1.807, 2.05) is 62.4 Å². The van der Waals surface area contributed by atoms with Crippen molar-refractivity contribution in [3.05, 3.63) is 59.7 Å². The second kappa shape index (κ2) is 22.2. The van der Waals surface area contributed by atoms with Gasteiger partial charge >= 0.3 is 24.0 Å². The van der Waals surface area contributed by atoms with Crippen LogP contribution in [0, 0.1) is 5.92 Å². The molecule has 4 N–H and O–H groups in total. The van der Waals surface area contributed by atoms with Crippen LogP contribution in [0.1, 0.15) is 96.6 Å². The summed E-state index contributed by atoms with van der Waals surface area (Å²) in [6, 6.07) is 12.9. The van der Waals surface area contributed by atoms with Crippen molar-refractivity contribution >= 4 is 41.7 Å². The Kier molecular flexibility index (Phi) is 17.8. The number of ether oxygens (including phenoxy) is 2. The summed E-state index contributed by atoms with van der Waals surface area (Å²) in [4.78, 5) is 92.7. The Morgan fingerprint density at radius 3 is 1.82 bits per heavy atom. The fourth-order valence-electron chi connectivity index (χ4n) is 6.52. The third kappa shape index (κ3) is 13.1. The van der Waals surface area contributed by atoms with Crippen molar-refractivity contribution in [2.75, 3.05) is 32.8 Å². The van der Waals surface area contributed by atoms with Gasteiger partial charge in [0.2, 0.25) is 17.7 Å². The molecule has 306 valence electrons. The number of aliphatic carboxylic acids is 2. The molecule has 1 unspecified atom stereocenters. The summed E-state index contributed by atoms with van der Waals surface area (Å²) in [5, 5.41) is 23.9. The van der Waals surface area contributed by atoms with Crippen LogP contribution in [-0.4, -0.2) is 113 Å². The van der Waals surface area contributed by atoms with Gasteiger partial charge in [-0.1, -0.05) is 96.0 Å². The number of fused-ring (bicyclic) bond motifs is 3. The fraction of sp³-hybridized carbons (Fsp3) is 0.537. The van der Waals surface area contributed by atoms with E-state index in [0.717, 1.165) is 27.2 Å². The Labute approximate surface area is 328 Å². The van der Waals surface area contributed by atoms with Crippen LogP contribution >= 0.6 is 0 Å². The number of benzene rings is 2. The van der Waals surface area contributed by atoms with Crippen LogP contribution in [0.3, 0.4) is 0 Å². The third-order valence-electron chi connectivity index (χ3n) is 9.59. The minimum absolute atomic E-state index is 0.00134. The molecule has 0 saturated heterocycles. The number of nitrogens with zero attached hydrogens (tertiary/aromatic N) is 2. The Hall–Kier alpha value is -5.47. The van der Waals surface area contributed by atoms with Gasteiger partial charge in [-0.25, -0.2) is 4.79 Å². The lowest BCUT2D eigenvalue weighted by Gasteiger charge is -2.31. The van der Waals surface area contributed by atoms with Gasteiger partial charge in [0, 0.05) is 19.0 Å². The number of rotatable bonds is 23. The van der Waals surface area contributed by atoms with Gasteiger partial charge in [-0.2, -0.15) is 0 Å². The monoisotopic (exact) mass is 780 g/mol. The molecule has 56 heavy (non-hydrogen) atoms. The van der Waals surface area contributed by atoms with E-state index in [-0.39, 0.29) is 38.5 Å². The first-order valence-electron chi connectivity index (χ1n) is 19.3. The van der Waals surface area contributed by atoms with E-state index in [0.29, 0.717) is 25.7 Å². The van der Waals surface area contributed by atoms with E-state index in [1.54, 1.807) is 20.8 Å². The van der Waals surface area contributed by atoms with Crippen molar-refractivity contribution in [2.45, 2.75) is 104 Å². The number of esters is 1. The molecular weight excluding hydrogens is 724 g/mol. The number of carboxylic acids is 2. The summed E-state index contributed by atoms with van der Waals surface area (Å²) < 4.78 is 10.9. The predicted molar refractivity (Wildman–Crippen MR) is 206 cm³/mol. The molecule has 0 radical (unpaired) electrons. The standard InChI is InChI=1S/C41H56N4O11/c1-6-9-19-44(24-37(51)56-27(8-3)21-35(47)48)34(46)23-45(20-10-7-2)40(53)33(22-36(49)50)42-39(52)38(26(4)5)43-41(54)55-25-32-30-17-13-11-15-28(30)29-16-12-14-18-31(29)32/h11-18,26-27,32-33,38H,6-10,19-25H2,1-5H3,(H,42,52)(H,43,54)(H,47,48)(H,49,50)/t27?,33-,38-/m0/s1. The summed E-state index contributed by atoms with van der Waals surface area (Å²) in [5.74, 6) is -6.27. The van der Waals surface area contributed by atoms with Crippen LogP contribution in [0.15, 0.2) is 48.5 Å². The second-order valence-electron chi connectivity index (χ2n) is 14.3. The minimum atomic E-state index is -1.59. The molecule has 3 rings (SSSR count). The highest BCUT2D eigenvalue weighted by atomic mass is 16.6. The molecule has 2 aromatic rings. The van der Waals surface area contributed by atoms with E-state index < -0.39 is 85.3 Å².